The molecule has 202 valence electrons. The molecule has 0 radical (unpaired) electrons. The number of nitrogens with zero attached hydrogens (tertiary/aromatic N) is 6. The van der Waals surface area contributed by atoms with Gasteiger partial charge in [0, 0.05) is 43.4 Å². The van der Waals surface area contributed by atoms with Crippen molar-refractivity contribution in [2.45, 2.75) is 20.4 Å². The van der Waals surface area contributed by atoms with Gasteiger partial charge in [0.2, 0.25) is 11.8 Å². The summed E-state index contributed by atoms with van der Waals surface area (Å²) in [4.78, 5) is 35.4. The maximum atomic E-state index is 13.1. The number of carbonyl (C=O) groups is 2. The highest BCUT2D eigenvalue weighted by Crippen LogP contribution is 2.41. The van der Waals surface area contributed by atoms with E-state index in [4.69, 9.17) is 10.2 Å². The van der Waals surface area contributed by atoms with Crippen LogP contribution >= 0.6 is 0 Å². The third-order valence-corrected chi connectivity index (χ3v) is 6.51. The Bertz CT molecular complexity index is 1750. The minimum atomic E-state index is -0.242. The Hall–Kier alpha value is -5.32. The molecule has 2 amide bonds. The predicted molar refractivity (Wildman–Crippen MR) is 152 cm³/mol. The molecule has 0 atom stereocenters. The third kappa shape index (κ3) is 4.92. The van der Waals surface area contributed by atoms with Gasteiger partial charge in [0.25, 0.3) is 11.8 Å². The van der Waals surface area contributed by atoms with Crippen molar-refractivity contribution in [3.8, 4) is 22.4 Å². The van der Waals surface area contributed by atoms with Crippen molar-refractivity contribution in [3.63, 3.8) is 0 Å². The molecule has 3 aromatic heterocycles. The van der Waals surface area contributed by atoms with Crippen LogP contribution in [-0.2, 0) is 18.4 Å². The zero-order valence-electron chi connectivity index (χ0n) is 22.6. The van der Waals surface area contributed by atoms with Crippen molar-refractivity contribution >= 4 is 34.4 Å². The molecule has 2 aromatic carbocycles. The highest BCUT2D eigenvalue weighted by atomic mass is 16.4. The molecule has 0 saturated heterocycles. The van der Waals surface area contributed by atoms with Crippen molar-refractivity contribution in [2.75, 3.05) is 18.1 Å². The van der Waals surface area contributed by atoms with Crippen LogP contribution in [0.4, 0.5) is 11.5 Å². The summed E-state index contributed by atoms with van der Waals surface area (Å²) >= 11 is 0. The van der Waals surface area contributed by atoms with E-state index in [0.717, 1.165) is 22.4 Å². The van der Waals surface area contributed by atoms with E-state index in [1.807, 2.05) is 48.0 Å². The van der Waals surface area contributed by atoms with Gasteiger partial charge in [-0.1, -0.05) is 30.8 Å². The fraction of sp³-hybridized carbons (Fsp3) is 0.172. The number of carbonyl (C=O) groups excluding carboxylic acids is 2. The number of benzene rings is 2. The molecule has 11 nitrogen and oxygen atoms in total. The second kappa shape index (κ2) is 10.4. The summed E-state index contributed by atoms with van der Waals surface area (Å²) in [6.45, 7) is 7.23. The third-order valence-electron chi connectivity index (χ3n) is 6.51. The van der Waals surface area contributed by atoms with Gasteiger partial charge in [-0.05, 0) is 42.3 Å². The fourth-order valence-electron chi connectivity index (χ4n) is 4.52. The lowest BCUT2D eigenvalue weighted by Crippen LogP contribution is -2.26. The normalized spacial score (nSPS) is 11.0. The summed E-state index contributed by atoms with van der Waals surface area (Å²) in [6.07, 6.45) is 1.43. The highest BCUT2D eigenvalue weighted by Gasteiger charge is 2.23. The van der Waals surface area contributed by atoms with Gasteiger partial charge in [-0.25, -0.2) is 9.97 Å². The van der Waals surface area contributed by atoms with Crippen molar-refractivity contribution < 1.29 is 14.0 Å². The first-order chi connectivity index (χ1) is 19.1. The number of rotatable bonds is 7. The Balaban J connectivity index is 1.52. The molecule has 3 heterocycles. The number of nitrogen functional groups attached to an aromatic ring is 1. The van der Waals surface area contributed by atoms with Gasteiger partial charge in [0.15, 0.2) is 0 Å². The summed E-state index contributed by atoms with van der Waals surface area (Å²) in [5, 5.41) is 11.3. The smallest absolute Gasteiger partial charge is 0.254 e. The number of aromatic nitrogens is 5. The molecule has 0 aliphatic carbocycles. The van der Waals surface area contributed by atoms with Crippen LogP contribution in [0.3, 0.4) is 0 Å². The quantitative estimate of drug-likeness (QED) is 0.292. The van der Waals surface area contributed by atoms with Crippen LogP contribution in [0.1, 0.15) is 29.1 Å². The van der Waals surface area contributed by atoms with Crippen LogP contribution < -0.4 is 11.1 Å². The van der Waals surface area contributed by atoms with E-state index < -0.39 is 0 Å². The molecule has 11 heteroatoms. The molecule has 40 heavy (non-hydrogen) atoms. The minimum absolute atomic E-state index is 0.184. The minimum Gasteiger partial charge on any atom is -0.424 e. The van der Waals surface area contributed by atoms with Crippen LogP contribution in [0.2, 0.25) is 0 Å². The number of amides is 2. The Morgan fingerprint density at radius 2 is 1.73 bits per heavy atom. The van der Waals surface area contributed by atoms with Crippen LogP contribution in [0.5, 0.6) is 0 Å². The molecule has 0 aliphatic rings. The molecule has 0 unspecified atom stereocenters. The number of aryl methyl sites for hydroxylation is 2. The van der Waals surface area contributed by atoms with Gasteiger partial charge in [0.05, 0.1) is 17.6 Å². The molecule has 5 aromatic rings. The van der Waals surface area contributed by atoms with Crippen molar-refractivity contribution in [3.05, 3.63) is 84.4 Å². The summed E-state index contributed by atoms with van der Waals surface area (Å²) in [7, 11) is 3.59. The average molecular weight is 537 g/mol. The van der Waals surface area contributed by atoms with Gasteiger partial charge < -0.3 is 24.9 Å². The van der Waals surface area contributed by atoms with Crippen LogP contribution in [0.15, 0.2) is 71.4 Å². The van der Waals surface area contributed by atoms with E-state index in [2.05, 4.69) is 32.1 Å². The molecule has 3 N–H and O–H groups in total. The Morgan fingerprint density at radius 1 is 1.05 bits per heavy atom. The first-order valence-corrected chi connectivity index (χ1v) is 12.4. The Kier molecular flexibility index (Phi) is 6.87. The number of nitrogens with two attached hydrogens (primary N) is 1. The second-order valence-corrected chi connectivity index (χ2v) is 9.51. The second-order valence-electron chi connectivity index (χ2n) is 9.51. The molecular formula is C29H28N8O3. The van der Waals surface area contributed by atoms with E-state index in [9.17, 15) is 9.59 Å². The first-order valence-electron chi connectivity index (χ1n) is 12.4. The molecule has 0 saturated carbocycles. The lowest BCUT2D eigenvalue weighted by atomic mass is 9.97. The van der Waals surface area contributed by atoms with Gasteiger partial charge in [-0.3, -0.25) is 9.59 Å². The zero-order valence-corrected chi connectivity index (χ0v) is 22.6. The summed E-state index contributed by atoms with van der Waals surface area (Å²) < 4.78 is 7.36. The van der Waals surface area contributed by atoms with E-state index >= 15 is 0 Å². The van der Waals surface area contributed by atoms with Crippen LogP contribution in [0, 0.1) is 6.92 Å². The van der Waals surface area contributed by atoms with E-state index in [-0.39, 0.29) is 18.4 Å². The van der Waals surface area contributed by atoms with E-state index in [0.29, 0.717) is 45.5 Å². The Labute approximate surface area is 230 Å². The number of hydrogen-bond acceptors (Lipinski definition) is 8. The first kappa shape index (κ1) is 26.3. The summed E-state index contributed by atoms with van der Waals surface area (Å²) in [5.41, 5.74) is 12.0. The van der Waals surface area contributed by atoms with E-state index in [1.54, 1.807) is 33.0 Å². The summed E-state index contributed by atoms with van der Waals surface area (Å²) in [6, 6.07) is 14.8. The number of fused-ring (bicyclic) bond motifs is 1. The predicted octanol–water partition coefficient (Wildman–Crippen LogP) is 4.36. The van der Waals surface area contributed by atoms with E-state index in [1.165, 1.54) is 11.2 Å². The van der Waals surface area contributed by atoms with Crippen molar-refractivity contribution in [2.24, 2.45) is 7.05 Å². The van der Waals surface area contributed by atoms with Crippen molar-refractivity contribution in [1.29, 1.82) is 0 Å². The lowest BCUT2D eigenvalue weighted by molar-refractivity contribution is -0.112. The maximum absolute atomic E-state index is 13.1. The SMILES string of the molecule is C=C(C)C(=O)Nc1ccc(-c2c(-c3ccc(C(=O)N(C)Cc4nnc(C)o4)cc3)c3c(N)ncnc3n2C)cc1. The van der Waals surface area contributed by atoms with Gasteiger partial charge in [-0.15, -0.1) is 10.2 Å². The number of anilines is 2. The van der Waals surface area contributed by atoms with Gasteiger partial charge in [-0.2, -0.15) is 0 Å². The summed E-state index contributed by atoms with van der Waals surface area (Å²) in [5.74, 6) is 0.734. The number of hydrogen-bond donors (Lipinski definition) is 2. The van der Waals surface area contributed by atoms with Crippen LogP contribution in [-0.4, -0.2) is 48.5 Å². The van der Waals surface area contributed by atoms with Crippen molar-refractivity contribution in [1.82, 2.24) is 29.6 Å². The van der Waals surface area contributed by atoms with Gasteiger partial charge in [0.1, 0.15) is 17.8 Å². The zero-order chi connectivity index (χ0) is 28.6. The average Bonchev–Trinajstić information content (AvgIpc) is 3.49. The topological polar surface area (TPSA) is 145 Å². The van der Waals surface area contributed by atoms with Crippen LogP contribution in [0.25, 0.3) is 33.4 Å². The fourth-order valence-corrected chi connectivity index (χ4v) is 4.52. The maximum Gasteiger partial charge on any atom is 0.254 e. The molecule has 0 spiro atoms. The van der Waals surface area contributed by atoms with Gasteiger partial charge >= 0.3 is 0 Å². The monoisotopic (exact) mass is 536 g/mol. The Morgan fingerprint density at radius 3 is 2.35 bits per heavy atom. The molecule has 0 fully saturated rings. The molecular weight excluding hydrogens is 508 g/mol. The largest absolute Gasteiger partial charge is 0.424 e. The standard InChI is InChI=1S/C29H28N8O3/c1-16(2)28(38)33-21-12-10-19(11-13-21)25-23(24-26(30)31-15-32-27(24)37(25)5)18-6-8-20(9-7-18)29(39)36(4)14-22-35-34-17(3)40-22/h6-13,15H,1,14H2,2-5H3,(H,33,38)(H2,30,31,32). The molecule has 5 rings (SSSR count). The highest BCUT2D eigenvalue weighted by molar-refractivity contribution is 6.08. The lowest BCUT2D eigenvalue weighted by Gasteiger charge is -2.15. The molecule has 0 bridgehead atoms. The molecule has 0 aliphatic heterocycles. The number of nitrogens with one attached hydrogen (secondary N) is 1.